The van der Waals surface area contributed by atoms with Crippen LogP contribution in [-0.4, -0.2) is 27.3 Å². The van der Waals surface area contributed by atoms with Crippen LogP contribution in [0.25, 0.3) is 11.5 Å². The Morgan fingerprint density at radius 1 is 1.33 bits per heavy atom. The Hall–Kier alpha value is -1.33. The third kappa shape index (κ3) is 2.03. The number of rotatable bonds is 2. The van der Waals surface area contributed by atoms with Gasteiger partial charge in [-0.15, -0.1) is 0 Å². The van der Waals surface area contributed by atoms with E-state index in [1.165, 1.54) is 19.4 Å². The number of halogens is 2. The molecule has 78 valence electrons. The van der Waals surface area contributed by atoms with E-state index in [9.17, 15) is 0 Å². The zero-order chi connectivity index (χ0) is 10.8. The van der Waals surface area contributed by atoms with Gasteiger partial charge in [0, 0.05) is 6.07 Å². The minimum atomic E-state index is 0.280. The van der Waals surface area contributed by atoms with Crippen LogP contribution in [0.1, 0.15) is 0 Å². The third-order valence-electron chi connectivity index (χ3n) is 1.70. The van der Waals surface area contributed by atoms with Crippen molar-refractivity contribution in [2.24, 2.45) is 0 Å². The Kier molecular flexibility index (Phi) is 2.75. The smallest absolute Gasteiger partial charge is 0.218 e. The van der Waals surface area contributed by atoms with Crippen molar-refractivity contribution >= 4 is 23.2 Å². The van der Waals surface area contributed by atoms with Gasteiger partial charge < -0.3 is 4.74 Å². The van der Waals surface area contributed by atoms with E-state index >= 15 is 0 Å². The molecule has 0 saturated heterocycles. The first kappa shape index (κ1) is 10.2. The monoisotopic (exact) mass is 244 g/mol. The molecule has 1 N–H and O–H groups in total. The second kappa shape index (κ2) is 4.04. The summed E-state index contributed by atoms with van der Waals surface area (Å²) < 4.78 is 4.96. The maximum atomic E-state index is 5.86. The highest BCUT2D eigenvalue weighted by Crippen LogP contribution is 2.25. The number of hydrogen-bond acceptors (Lipinski definition) is 4. The summed E-state index contributed by atoms with van der Waals surface area (Å²) in [5, 5.41) is 7.15. The molecule has 0 atom stereocenters. The lowest BCUT2D eigenvalue weighted by Gasteiger charge is -2.02. The molecule has 5 nitrogen and oxygen atoms in total. The molecule has 0 saturated carbocycles. The summed E-state index contributed by atoms with van der Waals surface area (Å²) >= 11 is 11.7. The summed E-state index contributed by atoms with van der Waals surface area (Å²) in [6, 6.07) is 1.51. The van der Waals surface area contributed by atoms with Crippen molar-refractivity contribution in [3.05, 3.63) is 22.4 Å². The maximum Gasteiger partial charge on any atom is 0.218 e. The number of aromatic nitrogens is 4. The maximum absolute atomic E-state index is 5.86. The summed E-state index contributed by atoms with van der Waals surface area (Å²) in [6.45, 7) is 0. The molecule has 2 aromatic heterocycles. The van der Waals surface area contributed by atoms with Gasteiger partial charge >= 0.3 is 0 Å². The van der Waals surface area contributed by atoms with Gasteiger partial charge in [0.25, 0.3) is 0 Å². The van der Waals surface area contributed by atoms with Gasteiger partial charge in [-0.1, -0.05) is 23.2 Å². The molecule has 0 aliphatic carbocycles. The predicted molar refractivity (Wildman–Crippen MR) is 56.2 cm³/mol. The fourth-order valence-electron chi connectivity index (χ4n) is 1.04. The van der Waals surface area contributed by atoms with Gasteiger partial charge in [0.05, 0.1) is 18.3 Å². The second-order valence-electron chi connectivity index (χ2n) is 2.65. The quantitative estimate of drug-likeness (QED) is 0.823. The highest BCUT2D eigenvalue weighted by atomic mass is 35.5. The average Bonchev–Trinajstić information content (AvgIpc) is 2.63. The SMILES string of the molecule is COc1cc(Cl)nc(-c2[nH]ncc2Cl)n1. The highest BCUT2D eigenvalue weighted by Gasteiger charge is 2.11. The predicted octanol–water partition coefficient (Wildman–Crippen LogP) is 2.18. The molecule has 0 bridgehead atoms. The third-order valence-corrected chi connectivity index (χ3v) is 2.18. The van der Waals surface area contributed by atoms with E-state index in [0.717, 1.165) is 0 Å². The average molecular weight is 245 g/mol. The molecule has 0 aliphatic rings. The van der Waals surface area contributed by atoms with Crippen molar-refractivity contribution in [2.75, 3.05) is 7.11 Å². The molecule has 0 radical (unpaired) electrons. The Labute approximate surface area is 95.4 Å². The molecule has 2 rings (SSSR count). The zero-order valence-corrected chi connectivity index (χ0v) is 9.17. The van der Waals surface area contributed by atoms with Crippen LogP contribution in [0.2, 0.25) is 10.2 Å². The van der Waals surface area contributed by atoms with E-state index < -0.39 is 0 Å². The van der Waals surface area contributed by atoms with Crippen molar-refractivity contribution in [3.63, 3.8) is 0 Å². The van der Waals surface area contributed by atoms with Crippen molar-refractivity contribution in [2.45, 2.75) is 0 Å². The zero-order valence-electron chi connectivity index (χ0n) is 7.66. The molecular weight excluding hydrogens is 239 g/mol. The van der Waals surface area contributed by atoms with Gasteiger partial charge in [-0.05, 0) is 0 Å². The van der Waals surface area contributed by atoms with Crippen molar-refractivity contribution < 1.29 is 4.74 Å². The van der Waals surface area contributed by atoms with Crippen molar-refractivity contribution in [1.82, 2.24) is 20.2 Å². The van der Waals surface area contributed by atoms with Crippen LogP contribution in [-0.2, 0) is 0 Å². The topological polar surface area (TPSA) is 63.7 Å². The molecule has 0 amide bonds. The van der Waals surface area contributed by atoms with Crippen LogP contribution < -0.4 is 4.74 Å². The van der Waals surface area contributed by atoms with Gasteiger partial charge in [0.15, 0.2) is 5.82 Å². The largest absolute Gasteiger partial charge is 0.481 e. The van der Waals surface area contributed by atoms with Crippen LogP contribution in [0.4, 0.5) is 0 Å². The molecular formula is C8H6Cl2N4O. The molecule has 0 aromatic carbocycles. The lowest BCUT2D eigenvalue weighted by atomic mass is 10.4. The minimum Gasteiger partial charge on any atom is -0.481 e. The number of methoxy groups -OCH3 is 1. The van der Waals surface area contributed by atoms with E-state index in [0.29, 0.717) is 22.4 Å². The van der Waals surface area contributed by atoms with Gasteiger partial charge in [0.2, 0.25) is 5.88 Å². The van der Waals surface area contributed by atoms with Crippen LogP contribution >= 0.6 is 23.2 Å². The molecule has 0 aliphatic heterocycles. The summed E-state index contributed by atoms with van der Waals surface area (Å²) in [7, 11) is 1.50. The number of aromatic amines is 1. The first-order valence-corrected chi connectivity index (χ1v) is 4.74. The summed E-state index contributed by atoms with van der Waals surface area (Å²) in [6.07, 6.45) is 1.47. The molecule has 15 heavy (non-hydrogen) atoms. The van der Waals surface area contributed by atoms with Crippen molar-refractivity contribution in [3.8, 4) is 17.4 Å². The van der Waals surface area contributed by atoms with Crippen LogP contribution in [0.3, 0.4) is 0 Å². The van der Waals surface area contributed by atoms with Crippen molar-refractivity contribution in [1.29, 1.82) is 0 Å². The molecule has 2 aromatic rings. The first-order chi connectivity index (χ1) is 7.20. The van der Waals surface area contributed by atoms with E-state index in [-0.39, 0.29) is 5.15 Å². The summed E-state index contributed by atoms with van der Waals surface area (Å²) in [4.78, 5) is 8.09. The van der Waals surface area contributed by atoms with Crippen LogP contribution in [0.5, 0.6) is 5.88 Å². The highest BCUT2D eigenvalue weighted by molar-refractivity contribution is 6.33. The number of nitrogens with one attached hydrogen (secondary N) is 1. The Bertz CT molecular complexity index is 485. The number of ether oxygens (including phenoxy) is 1. The molecule has 0 unspecified atom stereocenters. The normalized spacial score (nSPS) is 10.3. The Morgan fingerprint density at radius 3 is 2.73 bits per heavy atom. The lowest BCUT2D eigenvalue weighted by Crippen LogP contribution is -1.94. The summed E-state index contributed by atoms with van der Waals surface area (Å²) in [5.41, 5.74) is 0.512. The van der Waals surface area contributed by atoms with Crippen LogP contribution in [0.15, 0.2) is 12.3 Å². The Balaban J connectivity index is 2.53. The van der Waals surface area contributed by atoms with Crippen LogP contribution in [0, 0.1) is 0 Å². The number of nitrogens with zero attached hydrogens (tertiary/aromatic N) is 3. The van der Waals surface area contributed by atoms with Gasteiger partial charge in [-0.3, -0.25) is 5.10 Å². The molecule has 0 fully saturated rings. The first-order valence-electron chi connectivity index (χ1n) is 3.98. The molecule has 7 heteroatoms. The fraction of sp³-hybridized carbons (Fsp3) is 0.125. The lowest BCUT2D eigenvalue weighted by molar-refractivity contribution is 0.397. The number of H-pyrrole nitrogens is 1. The standard InChI is InChI=1S/C8H6Cl2N4O/c1-15-6-2-5(10)12-8(13-6)7-4(9)3-11-14-7/h2-3H,1H3,(H,11,14). The van der Waals surface area contributed by atoms with E-state index in [1.54, 1.807) is 0 Å². The Morgan fingerprint density at radius 2 is 2.13 bits per heavy atom. The minimum absolute atomic E-state index is 0.280. The molecule has 0 spiro atoms. The van der Waals surface area contributed by atoms with E-state index in [4.69, 9.17) is 27.9 Å². The molecule has 2 heterocycles. The number of hydrogen-bond donors (Lipinski definition) is 1. The fourth-order valence-corrected chi connectivity index (χ4v) is 1.39. The van der Waals surface area contributed by atoms with E-state index in [1.807, 2.05) is 0 Å². The second-order valence-corrected chi connectivity index (χ2v) is 3.44. The van der Waals surface area contributed by atoms with E-state index in [2.05, 4.69) is 20.2 Å². The van der Waals surface area contributed by atoms with Gasteiger partial charge in [-0.25, -0.2) is 4.98 Å². The van der Waals surface area contributed by atoms with Gasteiger partial charge in [0.1, 0.15) is 10.8 Å². The van der Waals surface area contributed by atoms with Gasteiger partial charge in [-0.2, -0.15) is 10.1 Å². The summed E-state index contributed by atoms with van der Waals surface area (Å²) in [5.74, 6) is 0.720.